The van der Waals surface area contributed by atoms with Crippen LogP contribution in [0, 0.1) is 5.92 Å². The molecule has 14 heavy (non-hydrogen) atoms. The smallest absolute Gasteiger partial charge is 0.186 e. The molecule has 0 aromatic carbocycles. The van der Waals surface area contributed by atoms with E-state index in [9.17, 15) is 0 Å². The third-order valence-corrected chi connectivity index (χ3v) is 3.93. The zero-order valence-corrected chi connectivity index (χ0v) is 9.68. The number of nitrogens with two attached hydrogens (primary N) is 1. The van der Waals surface area contributed by atoms with Crippen molar-refractivity contribution in [2.45, 2.75) is 18.9 Å². The molecule has 2 N–H and O–H groups in total. The van der Waals surface area contributed by atoms with E-state index in [4.69, 9.17) is 17.3 Å². The van der Waals surface area contributed by atoms with E-state index >= 15 is 0 Å². The van der Waals surface area contributed by atoms with E-state index < -0.39 is 0 Å². The van der Waals surface area contributed by atoms with Crippen molar-refractivity contribution >= 4 is 28.1 Å². The standard InChI is InChI=1S/C9H14ClN3S/c1-13(7(4-11)6-2-3-6)9-12-8(10)5-14-9/h5-7H,2-4,11H2,1H3. The number of thiazole rings is 1. The minimum absolute atomic E-state index is 0.428. The molecule has 1 saturated carbocycles. The highest BCUT2D eigenvalue weighted by Crippen LogP contribution is 2.36. The molecule has 0 bridgehead atoms. The minimum Gasteiger partial charge on any atom is -0.347 e. The van der Waals surface area contributed by atoms with Crippen LogP contribution in [0.25, 0.3) is 0 Å². The average molecular weight is 232 g/mol. The maximum absolute atomic E-state index is 5.79. The molecular formula is C9H14ClN3S. The van der Waals surface area contributed by atoms with E-state index in [1.54, 1.807) is 11.3 Å². The molecule has 1 aromatic rings. The van der Waals surface area contributed by atoms with Gasteiger partial charge in [0.2, 0.25) is 0 Å². The van der Waals surface area contributed by atoms with Gasteiger partial charge < -0.3 is 10.6 Å². The second-order valence-corrected chi connectivity index (χ2v) is 4.93. The lowest BCUT2D eigenvalue weighted by Gasteiger charge is -2.26. The number of halogens is 1. The molecule has 0 amide bonds. The fraction of sp³-hybridized carbons (Fsp3) is 0.667. The summed E-state index contributed by atoms with van der Waals surface area (Å²) >= 11 is 7.36. The fourth-order valence-corrected chi connectivity index (χ4v) is 2.67. The van der Waals surface area contributed by atoms with E-state index in [-0.39, 0.29) is 0 Å². The van der Waals surface area contributed by atoms with Gasteiger partial charge in [-0.25, -0.2) is 4.98 Å². The number of anilines is 1. The Morgan fingerprint density at radius 2 is 2.50 bits per heavy atom. The first-order valence-corrected chi connectivity index (χ1v) is 6.02. The van der Waals surface area contributed by atoms with E-state index in [0.717, 1.165) is 11.0 Å². The molecule has 0 radical (unpaired) electrons. The predicted octanol–water partition coefficient (Wildman–Crippen LogP) is 1.97. The van der Waals surface area contributed by atoms with E-state index in [2.05, 4.69) is 9.88 Å². The predicted molar refractivity (Wildman–Crippen MR) is 61.1 cm³/mol. The molecule has 1 aromatic heterocycles. The Balaban J connectivity index is 2.08. The topological polar surface area (TPSA) is 42.2 Å². The van der Waals surface area contributed by atoms with E-state index in [0.29, 0.717) is 17.7 Å². The highest BCUT2D eigenvalue weighted by atomic mass is 35.5. The highest BCUT2D eigenvalue weighted by Gasteiger charge is 2.33. The SMILES string of the molecule is CN(c1nc(Cl)cs1)C(CN)C1CC1. The van der Waals surface area contributed by atoms with Crippen molar-refractivity contribution in [2.75, 3.05) is 18.5 Å². The Labute approximate surface area is 92.9 Å². The lowest BCUT2D eigenvalue weighted by molar-refractivity contribution is 0.570. The first kappa shape index (κ1) is 10.2. The molecule has 1 aliphatic rings. The van der Waals surface area contributed by atoms with Crippen molar-refractivity contribution < 1.29 is 0 Å². The third-order valence-electron chi connectivity index (χ3n) is 2.67. The highest BCUT2D eigenvalue weighted by molar-refractivity contribution is 7.14. The second kappa shape index (κ2) is 4.04. The number of rotatable bonds is 4. The molecule has 1 fully saturated rings. The Morgan fingerprint density at radius 3 is 2.93 bits per heavy atom. The molecule has 1 heterocycles. The monoisotopic (exact) mass is 231 g/mol. The summed E-state index contributed by atoms with van der Waals surface area (Å²) in [5.41, 5.74) is 5.76. The molecule has 78 valence electrons. The van der Waals surface area contributed by atoms with Crippen LogP contribution in [0.3, 0.4) is 0 Å². The summed E-state index contributed by atoms with van der Waals surface area (Å²) in [7, 11) is 2.05. The lowest BCUT2D eigenvalue weighted by atomic mass is 10.2. The van der Waals surface area contributed by atoms with Crippen LogP contribution in [0.2, 0.25) is 5.15 Å². The van der Waals surface area contributed by atoms with Crippen LogP contribution < -0.4 is 10.6 Å². The van der Waals surface area contributed by atoms with E-state index in [1.165, 1.54) is 12.8 Å². The lowest BCUT2D eigenvalue weighted by Crippen LogP contribution is -2.39. The van der Waals surface area contributed by atoms with Gasteiger partial charge in [-0.1, -0.05) is 11.6 Å². The van der Waals surface area contributed by atoms with Crippen molar-refractivity contribution in [1.29, 1.82) is 0 Å². The molecule has 1 unspecified atom stereocenters. The van der Waals surface area contributed by atoms with Crippen LogP contribution in [0.5, 0.6) is 0 Å². The summed E-state index contributed by atoms with van der Waals surface area (Å²) in [6.45, 7) is 0.693. The Kier molecular flexibility index (Phi) is 2.95. The van der Waals surface area contributed by atoms with Gasteiger partial charge in [-0.15, -0.1) is 11.3 Å². The number of aromatic nitrogens is 1. The first-order chi connectivity index (χ1) is 6.72. The van der Waals surface area contributed by atoms with Gasteiger partial charge in [0.05, 0.1) is 0 Å². The zero-order valence-electron chi connectivity index (χ0n) is 8.11. The molecular weight excluding hydrogens is 218 g/mol. The summed E-state index contributed by atoms with van der Waals surface area (Å²) in [5.74, 6) is 0.757. The van der Waals surface area contributed by atoms with E-state index in [1.807, 2.05) is 12.4 Å². The zero-order chi connectivity index (χ0) is 10.1. The summed E-state index contributed by atoms with van der Waals surface area (Å²) < 4.78 is 0. The number of hydrogen-bond acceptors (Lipinski definition) is 4. The van der Waals surface area contributed by atoms with Crippen molar-refractivity contribution in [3.63, 3.8) is 0 Å². The first-order valence-electron chi connectivity index (χ1n) is 4.76. The maximum atomic E-state index is 5.79. The van der Waals surface area contributed by atoms with Gasteiger partial charge in [0.15, 0.2) is 5.13 Å². The van der Waals surface area contributed by atoms with Crippen molar-refractivity contribution in [1.82, 2.24) is 4.98 Å². The number of nitrogens with zero attached hydrogens (tertiary/aromatic N) is 2. The molecule has 1 atom stereocenters. The van der Waals surface area contributed by atoms with Crippen molar-refractivity contribution in [3.8, 4) is 0 Å². The summed E-state index contributed by atoms with van der Waals surface area (Å²) in [6, 6.07) is 0.428. The largest absolute Gasteiger partial charge is 0.347 e. The molecule has 3 nitrogen and oxygen atoms in total. The van der Waals surface area contributed by atoms with Gasteiger partial charge in [-0.2, -0.15) is 0 Å². The maximum Gasteiger partial charge on any atom is 0.186 e. The van der Waals surface area contributed by atoms with Crippen LogP contribution in [-0.2, 0) is 0 Å². The van der Waals surface area contributed by atoms with Crippen LogP contribution in [0.15, 0.2) is 5.38 Å². The number of likely N-dealkylation sites (N-methyl/N-ethyl adjacent to an activating group) is 1. The van der Waals surface area contributed by atoms with Gasteiger partial charge in [0.1, 0.15) is 5.15 Å². The van der Waals surface area contributed by atoms with Gasteiger partial charge in [-0.05, 0) is 18.8 Å². The van der Waals surface area contributed by atoms with Crippen LogP contribution in [0.1, 0.15) is 12.8 Å². The van der Waals surface area contributed by atoms with Crippen LogP contribution in [0.4, 0.5) is 5.13 Å². The van der Waals surface area contributed by atoms with Gasteiger partial charge >= 0.3 is 0 Å². The van der Waals surface area contributed by atoms with Crippen molar-refractivity contribution in [3.05, 3.63) is 10.5 Å². The van der Waals surface area contributed by atoms with Gasteiger partial charge in [0, 0.05) is 25.0 Å². The number of hydrogen-bond donors (Lipinski definition) is 1. The van der Waals surface area contributed by atoms with Crippen molar-refractivity contribution in [2.24, 2.45) is 11.7 Å². The molecule has 0 spiro atoms. The Bertz CT molecular complexity index is 311. The Morgan fingerprint density at radius 1 is 1.79 bits per heavy atom. The second-order valence-electron chi connectivity index (χ2n) is 3.70. The third kappa shape index (κ3) is 2.02. The molecule has 2 rings (SSSR count). The molecule has 0 aliphatic heterocycles. The van der Waals surface area contributed by atoms with Crippen LogP contribution >= 0.6 is 22.9 Å². The fourth-order valence-electron chi connectivity index (χ4n) is 1.70. The molecule has 5 heteroatoms. The average Bonchev–Trinajstić information content (AvgIpc) is 2.90. The molecule has 1 aliphatic carbocycles. The minimum atomic E-state index is 0.428. The summed E-state index contributed by atoms with van der Waals surface area (Å²) in [5, 5.41) is 3.40. The summed E-state index contributed by atoms with van der Waals surface area (Å²) in [6.07, 6.45) is 2.59. The van der Waals surface area contributed by atoms with Crippen LogP contribution in [-0.4, -0.2) is 24.6 Å². The van der Waals surface area contributed by atoms with Gasteiger partial charge in [-0.3, -0.25) is 0 Å². The quantitative estimate of drug-likeness (QED) is 0.862. The Hall–Kier alpha value is -0.320. The molecule has 0 saturated heterocycles. The normalized spacial score (nSPS) is 18.2. The van der Waals surface area contributed by atoms with Gasteiger partial charge in [0.25, 0.3) is 0 Å². The summed E-state index contributed by atoms with van der Waals surface area (Å²) in [4.78, 5) is 6.40.